The second-order valence-corrected chi connectivity index (χ2v) is 11.3. The Morgan fingerprint density at radius 3 is 2.20 bits per heavy atom. The van der Waals surface area contributed by atoms with Crippen molar-refractivity contribution in [3.8, 4) is 5.75 Å². The molecule has 0 radical (unpaired) electrons. The van der Waals surface area contributed by atoms with Gasteiger partial charge in [0.15, 0.2) is 12.2 Å². The number of benzene rings is 1. The molecule has 0 amide bonds. The van der Waals surface area contributed by atoms with E-state index in [2.05, 4.69) is 19.1 Å². The average Bonchev–Trinajstić information content (AvgIpc) is 2.82. The smallest absolute Gasteiger partial charge is 0.335 e. The normalized spacial score (nSPS) is 37.6. The second kappa shape index (κ2) is 9.61. The zero-order chi connectivity index (χ0) is 24.9. The molecule has 35 heavy (non-hydrogen) atoms. The minimum atomic E-state index is -0.904. The van der Waals surface area contributed by atoms with Gasteiger partial charge in [-0.15, -0.1) is 0 Å². The molecule has 0 spiro atoms. The largest absolute Gasteiger partial charge is 0.467 e. The van der Waals surface area contributed by atoms with Crippen LogP contribution in [0.5, 0.6) is 5.75 Å². The van der Waals surface area contributed by atoms with Crippen molar-refractivity contribution in [1.82, 2.24) is 0 Å². The van der Waals surface area contributed by atoms with E-state index in [1.54, 1.807) is 5.57 Å². The Bertz CT molecular complexity index is 982. The Morgan fingerprint density at radius 2 is 1.60 bits per heavy atom. The monoisotopic (exact) mass is 482 g/mol. The van der Waals surface area contributed by atoms with Gasteiger partial charge in [0.05, 0.1) is 7.11 Å². The minimum Gasteiger partial charge on any atom is -0.467 e. The molecule has 1 heterocycles. The molecule has 5 unspecified atom stereocenters. The van der Waals surface area contributed by atoms with E-state index in [0.717, 1.165) is 29.2 Å². The predicted molar refractivity (Wildman–Crippen MR) is 131 cm³/mol. The zero-order valence-corrected chi connectivity index (χ0v) is 21.5. The lowest BCUT2D eigenvalue weighted by Gasteiger charge is -2.52. The SMILES string of the molecule is COC(=O)C1OC(Oc2cccc(C(C)=C3C4CC5CC(C4)CC3C5)c2)C(OC(C)=O)C(C)C1C. The van der Waals surface area contributed by atoms with Crippen molar-refractivity contribution < 1.29 is 28.5 Å². The van der Waals surface area contributed by atoms with E-state index < -0.39 is 30.4 Å². The maximum Gasteiger partial charge on any atom is 0.335 e. The fourth-order valence-corrected chi connectivity index (χ4v) is 7.41. The average molecular weight is 483 g/mol. The Balaban J connectivity index is 1.40. The summed E-state index contributed by atoms with van der Waals surface area (Å²) in [6.45, 7) is 7.49. The van der Waals surface area contributed by atoms with Gasteiger partial charge < -0.3 is 18.9 Å². The van der Waals surface area contributed by atoms with Gasteiger partial charge in [0.2, 0.25) is 6.29 Å². The van der Waals surface area contributed by atoms with Crippen LogP contribution in [-0.2, 0) is 23.8 Å². The number of hydrogen-bond donors (Lipinski definition) is 0. The molecule has 6 nitrogen and oxygen atoms in total. The van der Waals surface area contributed by atoms with Crippen LogP contribution in [0.2, 0.25) is 0 Å². The summed E-state index contributed by atoms with van der Waals surface area (Å²) in [5.74, 6) is 2.76. The van der Waals surface area contributed by atoms with Crippen LogP contribution in [0.25, 0.3) is 5.57 Å². The molecule has 0 aromatic heterocycles. The molecule has 0 N–H and O–H groups in total. The molecule has 4 bridgehead atoms. The van der Waals surface area contributed by atoms with Gasteiger partial charge in [-0.05, 0) is 91.9 Å². The summed E-state index contributed by atoms with van der Waals surface area (Å²) < 4.78 is 22.9. The molecular weight excluding hydrogens is 444 g/mol. The number of hydrogen-bond acceptors (Lipinski definition) is 6. The summed E-state index contributed by atoms with van der Waals surface area (Å²) in [4.78, 5) is 24.2. The highest BCUT2D eigenvalue weighted by Gasteiger charge is 2.48. The summed E-state index contributed by atoms with van der Waals surface area (Å²) >= 11 is 0. The highest BCUT2D eigenvalue weighted by atomic mass is 16.7. The first-order valence-electron chi connectivity index (χ1n) is 13.1. The number of esters is 2. The third-order valence-corrected chi connectivity index (χ3v) is 9.08. The van der Waals surface area contributed by atoms with Crippen LogP contribution in [0.4, 0.5) is 0 Å². The highest BCUT2D eigenvalue weighted by Crippen LogP contribution is 2.57. The van der Waals surface area contributed by atoms with Crippen LogP contribution in [0.3, 0.4) is 0 Å². The van der Waals surface area contributed by atoms with E-state index in [0.29, 0.717) is 5.75 Å². The van der Waals surface area contributed by atoms with Crippen LogP contribution < -0.4 is 4.74 Å². The number of carbonyl (C=O) groups is 2. The van der Waals surface area contributed by atoms with Crippen LogP contribution >= 0.6 is 0 Å². The molecular formula is C29H38O6. The van der Waals surface area contributed by atoms with Crippen LogP contribution in [0.1, 0.15) is 65.4 Å². The van der Waals surface area contributed by atoms with Crippen molar-refractivity contribution in [2.24, 2.45) is 35.5 Å². The first kappa shape index (κ1) is 24.4. The van der Waals surface area contributed by atoms with Crippen molar-refractivity contribution >= 4 is 17.5 Å². The van der Waals surface area contributed by atoms with E-state index in [9.17, 15) is 9.59 Å². The van der Waals surface area contributed by atoms with Gasteiger partial charge in [0, 0.05) is 12.8 Å². The van der Waals surface area contributed by atoms with Crippen molar-refractivity contribution in [2.45, 2.75) is 78.3 Å². The van der Waals surface area contributed by atoms with Gasteiger partial charge in [-0.25, -0.2) is 4.79 Å². The summed E-state index contributed by atoms with van der Waals surface area (Å²) in [6.07, 6.45) is 4.52. The van der Waals surface area contributed by atoms with E-state index in [4.69, 9.17) is 18.9 Å². The fourth-order valence-electron chi connectivity index (χ4n) is 7.41. The molecule has 6 heteroatoms. The van der Waals surface area contributed by atoms with Gasteiger partial charge >= 0.3 is 11.9 Å². The number of methoxy groups -OCH3 is 1. The van der Waals surface area contributed by atoms with Crippen molar-refractivity contribution in [3.63, 3.8) is 0 Å². The van der Waals surface area contributed by atoms with Gasteiger partial charge in [0.1, 0.15) is 5.75 Å². The minimum absolute atomic E-state index is 0.151. The second-order valence-electron chi connectivity index (χ2n) is 11.3. The Labute approximate surface area is 208 Å². The van der Waals surface area contributed by atoms with E-state index in [1.807, 2.05) is 26.0 Å². The summed E-state index contributed by atoms with van der Waals surface area (Å²) in [7, 11) is 1.35. The van der Waals surface area contributed by atoms with Gasteiger partial charge in [-0.2, -0.15) is 0 Å². The lowest BCUT2D eigenvalue weighted by atomic mass is 9.53. The highest BCUT2D eigenvalue weighted by molar-refractivity contribution is 5.75. The molecule has 5 fully saturated rings. The lowest BCUT2D eigenvalue weighted by molar-refractivity contribution is -0.248. The predicted octanol–water partition coefficient (Wildman–Crippen LogP) is 5.40. The molecule has 4 saturated carbocycles. The van der Waals surface area contributed by atoms with Crippen molar-refractivity contribution in [2.75, 3.05) is 7.11 Å². The molecule has 1 aliphatic heterocycles. The van der Waals surface area contributed by atoms with E-state index >= 15 is 0 Å². The van der Waals surface area contributed by atoms with Gasteiger partial charge in [-0.3, -0.25) is 4.79 Å². The maximum absolute atomic E-state index is 12.4. The lowest BCUT2D eigenvalue weighted by Crippen LogP contribution is -2.55. The maximum atomic E-state index is 12.4. The zero-order valence-electron chi connectivity index (χ0n) is 21.5. The standard InChI is InChI=1S/C29H38O6/c1-15-16(2)27(33-18(4)30)29(35-26(15)28(31)32-5)34-24-8-6-7-21(14-24)17(3)25-22-10-19-9-20(12-22)13-23(25)11-19/h6-8,14-16,19-20,22-23,26-27,29H,9-13H2,1-5H3. The third-order valence-electron chi connectivity index (χ3n) is 9.08. The molecule has 190 valence electrons. The van der Waals surface area contributed by atoms with Crippen LogP contribution in [-0.4, -0.2) is 37.5 Å². The third kappa shape index (κ3) is 4.62. The van der Waals surface area contributed by atoms with E-state index in [1.165, 1.54) is 51.7 Å². The first-order chi connectivity index (χ1) is 16.7. The molecule has 5 aliphatic rings. The van der Waals surface area contributed by atoms with E-state index in [-0.39, 0.29) is 11.8 Å². The van der Waals surface area contributed by atoms with Crippen LogP contribution in [0.15, 0.2) is 29.8 Å². The Hall–Kier alpha value is -2.34. The summed E-state index contributed by atoms with van der Waals surface area (Å²) in [5.41, 5.74) is 4.20. The van der Waals surface area contributed by atoms with Crippen LogP contribution in [0, 0.1) is 35.5 Å². The number of rotatable bonds is 5. The summed E-state index contributed by atoms with van der Waals surface area (Å²) in [6, 6.07) is 8.09. The number of allylic oxidation sites excluding steroid dienone is 2. The van der Waals surface area contributed by atoms with Crippen molar-refractivity contribution in [1.29, 1.82) is 0 Å². The molecule has 1 saturated heterocycles. The summed E-state index contributed by atoms with van der Waals surface area (Å²) in [5, 5.41) is 0. The molecule has 1 aromatic carbocycles. The number of ether oxygens (including phenoxy) is 4. The topological polar surface area (TPSA) is 71.1 Å². The number of carbonyl (C=O) groups excluding carboxylic acids is 2. The Kier molecular flexibility index (Phi) is 6.69. The Morgan fingerprint density at radius 1 is 0.943 bits per heavy atom. The molecule has 6 rings (SSSR count). The quantitative estimate of drug-likeness (QED) is 0.524. The molecule has 1 aromatic rings. The molecule has 4 aliphatic carbocycles. The van der Waals surface area contributed by atoms with Gasteiger partial charge in [0.25, 0.3) is 0 Å². The fraction of sp³-hybridized carbons (Fsp3) is 0.655. The van der Waals surface area contributed by atoms with Crippen molar-refractivity contribution in [3.05, 3.63) is 35.4 Å². The first-order valence-corrected chi connectivity index (χ1v) is 13.1. The molecule has 5 atom stereocenters. The van der Waals surface area contributed by atoms with Gasteiger partial charge in [-0.1, -0.05) is 31.6 Å².